The molecule has 1 aliphatic rings. The number of hydrogen-bond acceptors (Lipinski definition) is 4. The second-order valence-electron chi connectivity index (χ2n) is 5.33. The maximum absolute atomic E-state index is 12.8. The molecular weight excluding hydrogens is 316 g/mol. The molecule has 1 unspecified atom stereocenters. The lowest BCUT2D eigenvalue weighted by Gasteiger charge is -2.34. The number of fused-ring (bicyclic) bond motifs is 1. The zero-order valence-corrected chi connectivity index (χ0v) is 14.0. The topological polar surface area (TPSA) is 49.4 Å². The Kier molecular flexibility index (Phi) is 3.97. The molecule has 0 bridgehead atoms. The Labute approximate surface area is 137 Å². The Morgan fingerprint density at radius 2 is 2.05 bits per heavy atom. The van der Waals surface area contributed by atoms with E-state index in [9.17, 15) is 9.59 Å². The number of carbonyl (C=O) groups is 2. The van der Waals surface area contributed by atoms with Crippen LogP contribution in [0.1, 0.15) is 11.8 Å². The molecule has 0 radical (unpaired) electrons. The predicted molar refractivity (Wildman–Crippen MR) is 90.1 cm³/mol. The van der Waals surface area contributed by atoms with E-state index in [-0.39, 0.29) is 11.8 Å². The van der Waals surface area contributed by atoms with Crippen LogP contribution in [0.2, 0.25) is 0 Å². The van der Waals surface area contributed by atoms with Gasteiger partial charge in [-0.2, -0.15) is 0 Å². The highest BCUT2D eigenvalue weighted by molar-refractivity contribution is 8.02. The molecule has 114 valence electrons. The molecule has 0 saturated heterocycles. The van der Waals surface area contributed by atoms with Gasteiger partial charge in [0, 0.05) is 16.8 Å². The van der Waals surface area contributed by atoms with E-state index in [0.717, 1.165) is 15.5 Å². The third kappa shape index (κ3) is 2.64. The van der Waals surface area contributed by atoms with Gasteiger partial charge in [0.25, 0.3) is 0 Å². The van der Waals surface area contributed by atoms with E-state index in [4.69, 9.17) is 0 Å². The van der Waals surface area contributed by atoms with Crippen molar-refractivity contribution in [2.45, 2.75) is 23.1 Å². The monoisotopic (exact) mass is 332 g/mol. The van der Waals surface area contributed by atoms with Gasteiger partial charge >= 0.3 is 0 Å². The lowest BCUT2D eigenvalue weighted by molar-refractivity contribution is -0.137. The second-order valence-corrected chi connectivity index (χ2v) is 7.82. The highest BCUT2D eigenvalue weighted by atomic mass is 32.2. The molecule has 6 heteroatoms. The van der Waals surface area contributed by atoms with Crippen molar-refractivity contribution in [3.8, 4) is 0 Å². The van der Waals surface area contributed by atoms with Crippen LogP contribution in [0, 0.1) is 0 Å². The number of hydrogen-bond donors (Lipinski definition) is 1. The number of thioether (sulfide) groups is 1. The first kappa shape index (κ1) is 15.1. The standard InChI is InChI=1S/C16H16N2O2S2/c1-16(15(20)18(2)10-11-6-5-9-21-11)14(19)17-12-7-3-4-8-13(12)22-16/h3-9H,10H2,1-2H3,(H,17,19). The Morgan fingerprint density at radius 3 is 2.77 bits per heavy atom. The molecule has 1 N–H and O–H groups in total. The quantitative estimate of drug-likeness (QED) is 0.878. The minimum atomic E-state index is -1.14. The summed E-state index contributed by atoms with van der Waals surface area (Å²) in [5.41, 5.74) is 0.767. The van der Waals surface area contributed by atoms with E-state index >= 15 is 0 Å². The first-order chi connectivity index (χ1) is 10.5. The zero-order valence-electron chi connectivity index (χ0n) is 12.3. The van der Waals surface area contributed by atoms with Gasteiger partial charge in [0.05, 0.1) is 12.2 Å². The van der Waals surface area contributed by atoms with Gasteiger partial charge in [-0.1, -0.05) is 30.0 Å². The highest BCUT2D eigenvalue weighted by Crippen LogP contribution is 2.43. The van der Waals surface area contributed by atoms with Crippen LogP contribution in [0.25, 0.3) is 0 Å². The lowest BCUT2D eigenvalue weighted by atomic mass is 10.1. The lowest BCUT2D eigenvalue weighted by Crippen LogP contribution is -2.52. The third-order valence-corrected chi connectivity index (χ3v) is 5.82. The van der Waals surface area contributed by atoms with Crippen molar-refractivity contribution >= 4 is 40.6 Å². The van der Waals surface area contributed by atoms with Crippen LogP contribution < -0.4 is 5.32 Å². The van der Waals surface area contributed by atoms with Crippen molar-refractivity contribution < 1.29 is 9.59 Å². The molecule has 0 fully saturated rings. The fourth-order valence-electron chi connectivity index (χ4n) is 2.38. The molecule has 2 heterocycles. The highest BCUT2D eigenvalue weighted by Gasteiger charge is 2.47. The summed E-state index contributed by atoms with van der Waals surface area (Å²) in [6, 6.07) is 11.5. The molecule has 3 rings (SSSR count). The van der Waals surface area contributed by atoms with Gasteiger partial charge in [0.1, 0.15) is 0 Å². The van der Waals surface area contributed by atoms with Crippen LogP contribution in [0.5, 0.6) is 0 Å². The summed E-state index contributed by atoms with van der Waals surface area (Å²) in [5.74, 6) is -0.447. The van der Waals surface area contributed by atoms with Crippen molar-refractivity contribution in [3.63, 3.8) is 0 Å². The molecule has 0 spiro atoms. The van der Waals surface area contributed by atoms with Gasteiger partial charge in [-0.25, -0.2) is 0 Å². The summed E-state index contributed by atoms with van der Waals surface area (Å²) in [6.07, 6.45) is 0. The number of thiophene rings is 1. The number of rotatable bonds is 3. The predicted octanol–water partition coefficient (Wildman–Crippen LogP) is 3.21. The third-order valence-electron chi connectivity index (χ3n) is 3.61. The Morgan fingerprint density at radius 1 is 1.27 bits per heavy atom. The van der Waals surface area contributed by atoms with E-state index < -0.39 is 4.75 Å². The van der Waals surface area contributed by atoms with E-state index in [2.05, 4.69) is 5.32 Å². The molecule has 22 heavy (non-hydrogen) atoms. The Bertz CT molecular complexity index is 715. The molecule has 2 amide bonds. The van der Waals surface area contributed by atoms with Crippen LogP contribution in [-0.4, -0.2) is 28.5 Å². The van der Waals surface area contributed by atoms with E-state index in [1.807, 2.05) is 41.8 Å². The first-order valence-corrected chi connectivity index (χ1v) is 8.58. The number of carbonyl (C=O) groups excluding carboxylic acids is 2. The molecule has 4 nitrogen and oxygen atoms in total. The molecule has 1 aromatic carbocycles. The average molecular weight is 332 g/mol. The maximum atomic E-state index is 12.8. The van der Waals surface area contributed by atoms with Gasteiger partial charge in [-0.3, -0.25) is 9.59 Å². The summed E-state index contributed by atoms with van der Waals surface area (Å²) < 4.78 is -1.14. The second kappa shape index (κ2) is 5.78. The normalized spacial score (nSPS) is 20.2. The smallest absolute Gasteiger partial charge is 0.250 e. The van der Waals surface area contributed by atoms with Gasteiger partial charge in [-0.05, 0) is 30.5 Å². The number of para-hydroxylation sites is 1. The summed E-state index contributed by atoms with van der Waals surface area (Å²) >= 11 is 2.92. The molecule has 1 atom stereocenters. The average Bonchev–Trinajstić information content (AvgIpc) is 3.00. The maximum Gasteiger partial charge on any atom is 0.250 e. The van der Waals surface area contributed by atoms with Crippen molar-refractivity contribution in [1.82, 2.24) is 4.90 Å². The number of amides is 2. The van der Waals surface area contributed by atoms with Crippen molar-refractivity contribution in [1.29, 1.82) is 0 Å². The number of benzene rings is 1. The fraction of sp³-hybridized carbons (Fsp3) is 0.250. The van der Waals surface area contributed by atoms with E-state index in [1.54, 1.807) is 30.2 Å². The zero-order chi connectivity index (χ0) is 15.7. The van der Waals surface area contributed by atoms with Gasteiger partial charge < -0.3 is 10.2 Å². The largest absolute Gasteiger partial charge is 0.339 e. The molecule has 2 aromatic rings. The van der Waals surface area contributed by atoms with Gasteiger partial charge in [0.2, 0.25) is 11.8 Å². The number of anilines is 1. The van der Waals surface area contributed by atoms with Crippen LogP contribution >= 0.6 is 23.1 Å². The summed E-state index contributed by atoms with van der Waals surface area (Å²) in [7, 11) is 1.74. The molecule has 0 aliphatic carbocycles. The summed E-state index contributed by atoms with van der Waals surface area (Å²) in [5, 5.41) is 4.82. The fourth-order valence-corrected chi connectivity index (χ4v) is 4.34. The number of nitrogens with one attached hydrogen (secondary N) is 1. The van der Waals surface area contributed by atoms with Gasteiger partial charge in [0.15, 0.2) is 4.75 Å². The van der Waals surface area contributed by atoms with E-state index in [1.165, 1.54) is 11.8 Å². The molecule has 1 aliphatic heterocycles. The minimum absolute atomic E-state index is 0.182. The van der Waals surface area contributed by atoms with Crippen LogP contribution in [-0.2, 0) is 16.1 Å². The van der Waals surface area contributed by atoms with Crippen LogP contribution in [0.15, 0.2) is 46.7 Å². The molecular formula is C16H16N2O2S2. The van der Waals surface area contributed by atoms with Crippen molar-refractivity contribution in [2.24, 2.45) is 0 Å². The van der Waals surface area contributed by atoms with Gasteiger partial charge in [-0.15, -0.1) is 11.3 Å². The molecule has 1 aromatic heterocycles. The first-order valence-electron chi connectivity index (χ1n) is 6.88. The van der Waals surface area contributed by atoms with E-state index in [0.29, 0.717) is 6.54 Å². The number of nitrogens with zero attached hydrogens (tertiary/aromatic N) is 1. The summed E-state index contributed by atoms with van der Waals surface area (Å²) in [6.45, 7) is 2.21. The minimum Gasteiger partial charge on any atom is -0.339 e. The van der Waals surface area contributed by atoms with Crippen molar-refractivity contribution in [2.75, 3.05) is 12.4 Å². The molecule has 0 saturated carbocycles. The SMILES string of the molecule is CN(Cc1cccs1)C(=O)C1(C)Sc2ccccc2NC1=O. The Balaban J connectivity index is 1.83. The summed E-state index contributed by atoms with van der Waals surface area (Å²) in [4.78, 5) is 28.9. The Hall–Kier alpha value is -1.79. The van der Waals surface area contributed by atoms with Crippen LogP contribution in [0.4, 0.5) is 5.69 Å². The van der Waals surface area contributed by atoms with Crippen LogP contribution in [0.3, 0.4) is 0 Å². The van der Waals surface area contributed by atoms with Crippen molar-refractivity contribution in [3.05, 3.63) is 46.7 Å².